The molecule has 2 heterocycles. The molecule has 0 unspecified atom stereocenters. The van der Waals surface area contributed by atoms with Gasteiger partial charge in [0.05, 0.1) is 5.69 Å². The highest BCUT2D eigenvalue weighted by Crippen LogP contribution is 2.27. The van der Waals surface area contributed by atoms with Crippen molar-refractivity contribution in [2.75, 3.05) is 0 Å². The molecule has 0 radical (unpaired) electrons. The lowest BCUT2D eigenvalue weighted by atomic mass is 10.0. The van der Waals surface area contributed by atoms with Crippen LogP contribution in [0.5, 0.6) is 0 Å². The molecule has 2 aromatic carbocycles. The van der Waals surface area contributed by atoms with Crippen molar-refractivity contribution in [2.45, 2.75) is 13.5 Å². The summed E-state index contributed by atoms with van der Waals surface area (Å²) in [5.74, 6) is 0. The molecule has 4 heteroatoms. The number of rotatable bonds is 4. The van der Waals surface area contributed by atoms with E-state index in [9.17, 15) is 5.26 Å². The summed E-state index contributed by atoms with van der Waals surface area (Å²) in [5.41, 5.74) is 4.11. The molecule has 130 valence electrons. The van der Waals surface area contributed by atoms with E-state index in [0.717, 1.165) is 16.8 Å². The minimum atomic E-state index is 0.583. The highest BCUT2D eigenvalue weighted by atomic mass is 15.3. The summed E-state index contributed by atoms with van der Waals surface area (Å²) in [6.45, 7) is 2.72. The van der Waals surface area contributed by atoms with Gasteiger partial charge in [-0.2, -0.15) is 10.4 Å². The van der Waals surface area contributed by atoms with Gasteiger partial charge in [0, 0.05) is 24.5 Å². The summed E-state index contributed by atoms with van der Waals surface area (Å²) in [4.78, 5) is 4.05. The summed E-state index contributed by atoms with van der Waals surface area (Å²) in [6, 6.07) is 20.6. The van der Waals surface area contributed by atoms with E-state index in [1.165, 1.54) is 10.8 Å². The monoisotopic (exact) mass is 350 g/mol. The molecule has 0 atom stereocenters. The summed E-state index contributed by atoms with van der Waals surface area (Å²) in [6.07, 6.45) is 7.48. The first-order valence-electron chi connectivity index (χ1n) is 8.89. The number of pyridine rings is 1. The lowest BCUT2D eigenvalue weighted by Crippen LogP contribution is -1.99. The van der Waals surface area contributed by atoms with Crippen LogP contribution >= 0.6 is 0 Å². The van der Waals surface area contributed by atoms with E-state index >= 15 is 0 Å². The Labute approximate surface area is 158 Å². The molecule has 4 nitrogen and oxygen atoms in total. The molecule has 2 aromatic heterocycles. The van der Waals surface area contributed by atoms with Gasteiger partial charge in [-0.3, -0.25) is 9.67 Å². The Morgan fingerprint density at radius 3 is 2.56 bits per heavy atom. The lowest BCUT2D eigenvalue weighted by molar-refractivity contribution is 0.656. The molecule has 0 aliphatic carbocycles. The summed E-state index contributed by atoms with van der Waals surface area (Å²) >= 11 is 0. The third-order valence-electron chi connectivity index (χ3n) is 4.60. The van der Waals surface area contributed by atoms with Crippen LogP contribution in [0.1, 0.15) is 23.7 Å². The Bertz CT molecular complexity index is 1160. The van der Waals surface area contributed by atoms with Gasteiger partial charge in [0.2, 0.25) is 0 Å². The predicted octanol–water partition coefficient (Wildman–Crippen LogP) is 5.16. The van der Waals surface area contributed by atoms with Gasteiger partial charge >= 0.3 is 0 Å². The minimum absolute atomic E-state index is 0.583. The zero-order chi connectivity index (χ0) is 18.6. The fraction of sp³-hybridized carbons (Fsp3) is 0.0870. The standard InChI is InChI=1S/C23H18N4/c1-2-27-22(21(16-24)23(26-27)19-12-14-25-15-13-19)11-10-18-8-5-7-17-6-3-4-9-20(17)18/h3-15H,2H2,1H3/b11-10+. The van der Waals surface area contributed by atoms with Crippen molar-refractivity contribution in [3.05, 3.63) is 83.8 Å². The van der Waals surface area contributed by atoms with Crippen LogP contribution in [0.4, 0.5) is 0 Å². The molecule has 0 fully saturated rings. The molecule has 0 spiro atoms. The van der Waals surface area contributed by atoms with Crippen molar-refractivity contribution in [3.8, 4) is 17.3 Å². The van der Waals surface area contributed by atoms with Crippen LogP contribution in [-0.4, -0.2) is 14.8 Å². The van der Waals surface area contributed by atoms with Crippen LogP contribution < -0.4 is 0 Å². The Morgan fingerprint density at radius 1 is 1.00 bits per heavy atom. The molecule has 4 rings (SSSR count). The second kappa shape index (κ2) is 7.27. The van der Waals surface area contributed by atoms with Gasteiger partial charge in [0.15, 0.2) is 0 Å². The van der Waals surface area contributed by atoms with Gasteiger partial charge in [-0.15, -0.1) is 0 Å². The molecular formula is C23H18N4. The zero-order valence-electron chi connectivity index (χ0n) is 15.0. The number of hydrogen-bond donors (Lipinski definition) is 0. The molecule has 0 N–H and O–H groups in total. The average molecular weight is 350 g/mol. The van der Waals surface area contributed by atoms with E-state index in [1.54, 1.807) is 12.4 Å². The normalized spacial score (nSPS) is 11.1. The van der Waals surface area contributed by atoms with Crippen LogP contribution in [0.3, 0.4) is 0 Å². The SMILES string of the molecule is CCn1nc(-c2ccncc2)c(C#N)c1/C=C/c1cccc2ccccc12. The van der Waals surface area contributed by atoms with E-state index in [1.807, 2.05) is 48.0 Å². The number of nitrogens with zero attached hydrogens (tertiary/aromatic N) is 4. The van der Waals surface area contributed by atoms with Crippen molar-refractivity contribution in [1.82, 2.24) is 14.8 Å². The molecule has 0 saturated carbocycles. The van der Waals surface area contributed by atoms with Gasteiger partial charge in [-0.25, -0.2) is 0 Å². The topological polar surface area (TPSA) is 54.5 Å². The number of benzene rings is 2. The van der Waals surface area contributed by atoms with Gasteiger partial charge in [0.25, 0.3) is 0 Å². The van der Waals surface area contributed by atoms with Crippen molar-refractivity contribution in [2.24, 2.45) is 0 Å². The quantitative estimate of drug-likeness (QED) is 0.511. The van der Waals surface area contributed by atoms with Gasteiger partial charge < -0.3 is 0 Å². The van der Waals surface area contributed by atoms with Crippen LogP contribution in [0.25, 0.3) is 34.2 Å². The number of aryl methyl sites for hydroxylation is 1. The van der Waals surface area contributed by atoms with Gasteiger partial charge in [-0.05, 0) is 41.5 Å². The second-order valence-electron chi connectivity index (χ2n) is 6.17. The number of aromatic nitrogens is 3. The molecule has 0 saturated heterocycles. The molecule has 0 aliphatic heterocycles. The first-order valence-corrected chi connectivity index (χ1v) is 8.89. The minimum Gasteiger partial charge on any atom is -0.265 e. The molecule has 27 heavy (non-hydrogen) atoms. The van der Waals surface area contributed by atoms with Crippen molar-refractivity contribution >= 4 is 22.9 Å². The summed E-state index contributed by atoms with van der Waals surface area (Å²) < 4.78 is 1.87. The third-order valence-corrected chi connectivity index (χ3v) is 4.60. The fourth-order valence-corrected chi connectivity index (χ4v) is 3.27. The fourth-order valence-electron chi connectivity index (χ4n) is 3.27. The highest BCUT2D eigenvalue weighted by Gasteiger charge is 2.16. The largest absolute Gasteiger partial charge is 0.265 e. The lowest BCUT2D eigenvalue weighted by Gasteiger charge is -2.03. The van der Waals surface area contributed by atoms with Gasteiger partial charge in [0.1, 0.15) is 17.3 Å². The van der Waals surface area contributed by atoms with Crippen LogP contribution in [-0.2, 0) is 6.54 Å². The Morgan fingerprint density at radius 2 is 1.78 bits per heavy atom. The van der Waals surface area contributed by atoms with E-state index in [-0.39, 0.29) is 0 Å². The Balaban J connectivity index is 1.83. The first kappa shape index (κ1) is 16.7. The first-order chi connectivity index (χ1) is 13.3. The maximum absolute atomic E-state index is 9.79. The van der Waals surface area contributed by atoms with Crippen LogP contribution in [0, 0.1) is 11.3 Å². The van der Waals surface area contributed by atoms with Crippen molar-refractivity contribution in [1.29, 1.82) is 5.26 Å². The van der Waals surface area contributed by atoms with E-state index < -0.39 is 0 Å². The third kappa shape index (κ3) is 3.11. The number of hydrogen-bond acceptors (Lipinski definition) is 3. The van der Waals surface area contributed by atoms with E-state index in [2.05, 4.69) is 46.5 Å². The zero-order valence-corrected chi connectivity index (χ0v) is 15.0. The van der Waals surface area contributed by atoms with Gasteiger partial charge in [-0.1, -0.05) is 48.5 Å². The predicted molar refractivity (Wildman–Crippen MR) is 109 cm³/mol. The maximum Gasteiger partial charge on any atom is 0.111 e. The Kier molecular flexibility index (Phi) is 4.51. The smallest absolute Gasteiger partial charge is 0.111 e. The van der Waals surface area contributed by atoms with E-state index in [0.29, 0.717) is 17.8 Å². The summed E-state index contributed by atoms with van der Waals surface area (Å²) in [5, 5.41) is 16.8. The average Bonchev–Trinajstić information content (AvgIpc) is 3.10. The Hall–Kier alpha value is -3.71. The van der Waals surface area contributed by atoms with E-state index in [4.69, 9.17) is 0 Å². The maximum atomic E-state index is 9.79. The summed E-state index contributed by atoms with van der Waals surface area (Å²) in [7, 11) is 0. The number of nitriles is 1. The van der Waals surface area contributed by atoms with Crippen LogP contribution in [0.15, 0.2) is 67.0 Å². The van der Waals surface area contributed by atoms with Crippen molar-refractivity contribution in [3.63, 3.8) is 0 Å². The molecule has 0 aliphatic rings. The number of fused-ring (bicyclic) bond motifs is 1. The molecule has 4 aromatic rings. The molecular weight excluding hydrogens is 332 g/mol. The van der Waals surface area contributed by atoms with Crippen molar-refractivity contribution < 1.29 is 0 Å². The highest BCUT2D eigenvalue weighted by molar-refractivity contribution is 5.93. The molecule has 0 amide bonds. The van der Waals surface area contributed by atoms with Crippen LogP contribution in [0.2, 0.25) is 0 Å². The molecule has 0 bridgehead atoms. The second-order valence-corrected chi connectivity index (χ2v) is 6.17.